The van der Waals surface area contributed by atoms with Crippen molar-refractivity contribution in [3.05, 3.63) is 0 Å². The molecule has 0 aromatic carbocycles. The van der Waals surface area contributed by atoms with Crippen molar-refractivity contribution in [1.82, 2.24) is 10.2 Å². The molecule has 0 unspecified atom stereocenters. The second kappa shape index (κ2) is 8.08. The Morgan fingerprint density at radius 3 is 2.48 bits per heavy atom. The summed E-state index contributed by atoms with van der Waals surface area (Å²) in [6, 6.07) is -0.533. The largest absolute Gasteiger partial charge is 0.376 e. The summed E-state index contributed by atoms with van der Waals surface area (Å²) in [5.41, 5.74) is -0.720. The lowest BCUT2D eigenvalue weighted by Crippen LogP contribution is -2.57. The van der Waals surface area contributed by atoms with Crippen LogP contribution in [0.15, 0.2) is 0 Å². The van der Waals surface area contributed by atoms with Crippen molar-refractivity contribution in [2.75, 3.05) is 19.8 Å². The summed E-state index contributed by atoms with van der Waals surface area (Å²) in [5, 5.41) is 3.01. The Morgan fingerprint density at radius 2 is 1.89 bits per heavy atom. The molecule has 1 N–H and O–H groups in total. The quantitative estimate of drug-likeness (QED) is 0.814. The highest BCUT2D eigenvalue weighted by Crippen LogP contribution is 2.43. The number of rotatable bonds is 4. The summed E-state index contributed by atoms with van der Waals surface area (Å²) in [5.74, 6) is 0.571. The maximum absolute atomic E-state index is 13.2. The van der Waals surface area contributed by atoms with Crippen molar-refractivity contribution in [3.63, 3.8) is 0 Å². The molecule has 1 spiro atoms. The Bertz CT molecular complexity index is 543. The highest BCUT2D eigenvalue weighted by Gasteiger charge is 2.53. The third-order valence-corrected chi connectivity index (χ3v) is 6.10. The summed E-state index contributed by atoms with van der Waals surface area (Å²) in [6.45, 7) is 10.00. The van der Waals surface area contributed by atoms with Gasteiger partial charge in [0, 0.05) is 19.6 Å². The van der Waals surface area contributed by atoms with Crippen molar-refractivity contribution >= 4 is 11.8 Å². The van der Waals surface area contributed by atoms with Gasteiger partial charge in [0.1, 0.15) is 11.8 Å². The molecule has 2 saturated heterocycles. The molecule has 154 valence electrons. The number of nitrogens with zero attached hydrogens (tertiary/aromatic N) is 1. The van der Waals surface area contributed by atoms with Gasteiger partial charge in [0.05, 0.1) is 12.7 Å². The average Bonchev–Trinajstić information content (AvgIpc) is 3.22. The number of carbonyl (C=O) groups excluding carboxylic acids is 2. The molecule has 2 aliphatic heterocycles. The SMILES string of the molecule is CC1CCC2(CC1)OC[C@@H](C(=O)NC[C@H]1CCCO1)N2C(=O)CC(C)(C)C. The zero-order chi connectivity index (χ0) is 19.7. The van der Waals surface area contributed by atoms with Gasteiger partial charge in [0.15, 0.2) is 0 Å². The molecule has 1 saturated carbocycles. The van der Waals surface area contributed by atoms with E-state index in [1.54, 1.807) is 4.90 Å². The Balaban J connectivity index is 1.72. The number of ether oxygens (including phenoxy) is 2. The Kier molecular flexibility index (Phi) is 6.16. The minimum atomic E-state index is -0.597. The lowest BCUT2D eigenvalue weighted by atomic mass is 9.82. The molecular weight excluding hydrogens is 344 g/mol. The second-order valence-electron chi connectivity index (χ2n) is 9.84. The van der Waals surface area contributed by atoms with E-state index in [9.17, 15) is 9.59 Å². The molecule has 0 radical (unpaired) electrons. The van der Waals surface area contributed by atoms with E-state index < -0.39 is 11.8 Å². The molecule has 6 nitrogen and oxygen atoms in total. The molecule has 0 aromatic rings. The molecular formula is C21H36N2O4. The number of carbonyl (C=O) groups is 2. The molecule has 3 aliphatic rings. The van der Waals surface area contributed by atoms with E-state index >= 15 is 0 Å². The van der Waals surface area contributed by atoms with Crippen LogP contribution in [0.3, 0.4) is 0 Å². The van der Waals surface area contributed by atoms with Crippen molar-refractivity contribution in [2.24, 2.45) is 11.3 Å². The fraction of sp³-hybridized carbons (Fsp3) is 0.905. The van der Waals surface area contributed by atoms with E-state index in [1.807, 2.05) is 0 Å². The third kappa shape index (κ3) is 4.83. The minimum Gasteiger partial charge on any atom is -0.376 e. The van der Waals surface area contributed by atoms with E-state index in [0.717, 1.165) is 45.1 Å². The standard InChI is InChI=1S/C21H36N2O4/c1-15-7-9-21(10-8-15)23(18(24)12-20(2,3)4)17(14-27-21)19(25)22-13-16-6-5-11-26-16/h15-17H,5-14H2,1-4H3,(H,22,25)/t15?,16-,17+,21?/m1/s1. The van der Waals surface area contributed by atoms with Crippen LogP contribution in [0.5, 0.6) is 0 Å². The van der Waals surface area contributed by atoms with Gasteiger partial charge in [-0.3, -0.25) is 14.5 Å². The zero-order valence-corrected chi connectivity index (χ0v) is 17.4. The van der Waals surface area contributed by atoms with E-state index in [2.05, 4.69) is 33.0 Å². The zero-order valence-electron chi connectivity index (χ0n) is 17.4. The predicted octanol–water partition coefficient (Wildman–Crippen LogP) is 2.85. The molecule has 27 heavy (non-hydrogen) atoms. The number of amides is 2. The number of nitrogens with one attached hydrogen (secondary N) is 1. The summed E-state index contributed by atoms with van der Waals surface area (Å²) in [7, 11) is 0. The van der Waals surface area contributed by atoms with Crippen LogP contribution in [-0.4, -0.2) is 54.3 Å². The second-order valence-corrected chi connectivity index (χ2v) is 9.84. The van der Waals surface area contributed by atoms with Crippen LogP contribution in [0.25, 0.3) is 0 Å². The van der Waals surface area contributed by atoms with Crippen molar-refractivity contribution in [3.8, 4) is 0 Å². The highest BCUT2D eigenvalue weighted by molar-refractivity contribution is 5.89. The normalized spacial score (nSPS) is 34.2. The topological polar surface area (TPSA) is 67.9 Å². The molecule has 0 bridgehead atoms. The Hall–Kier alpha value is -1.14. The van der Waals surface area contributed by atoms with Gasteiger partial charge in [0.2, 0.25) is 11.8 Å². The fourth-order valence-corrected chi connectivity index (χ4v) is 4.53. The molecule has 2 heterocycles. The van der Waals surface area contributed by atoms with Crippen LogP contribution < -0.4 is 5.32 Å². The summed E-state index contributed by atoms with van der Waals surface area (Å²) in [6.07, 6.45) is 6.25. The maximum Gasteiger partial charge on any atom is 0.245 e. The average molecular weight is 381 g/mol. The minimum absolute atomic E-state index is 0.0341. The van der Waals surface area contributed by atoms with Crippen LogP contribution in [0.2, 0.25) is 0 Å². The summed E-state index contributed by atoms with van der Waals surface area (Å²) in [4.78, 5) is 28.0. The number of hydrogen-bond acceptors (Lipinski definition) is 4. The lowest BCUT2D eigenvalue weighted by Gasteiger charge is -2.43. The monoisotopic (exact) mass is 380 g/mol. The van der Waals surface area contributed by atoms with Crippen molar-refractivity contribution in [2.45, 2.75) is 90.5 Å². The van der Waals surface area contributed by atoms with E-state index in [-0.39, 0.29) is 23.3 Å². The summed E-state index contributed by atoms with van der Waals surface area (Å²) >= 11 is 0. The van der Waals surface area contributed by atoms with Crippen LogP contribution in [0, 0.1) is 11.3 Å². The van der Waals surface area contributed by atoms with Gasteiger partial charge in [-0.15, -0.1) is 0 Å². The molecule has 1 aliphatic carbocycles. The third-order valence-electron chi connectivity index (χ3n) is 6.10. The molecule has 3 fully saturated rings. The molecule has 2 atom stereocenters. The van der Waals surface area contributed by atoms with Crippen LogP contribution in [0.4, 0.5) is 0 Å². The van der Waals surface area contributed by atoms with Crippen molar-refractivity contribution < 1.29 is 19.1 Å². The molecule has 6 heteroatoms. The molecule has 0 aromatic heterocycles. The lowest BCUT2D eigenvalue weighted by molar-refractivity contribution is -0.163. The first-order valence-electron chi connectivity index (χ1n) is 10.6. The number of hydrogen-bond donors (Lipinski definition) is 1. The van der Waals surface area contributed by atoms with Gasteiger partial charge in [-0.25, -0.2) is 0 Å². The first-order chi connectivity index (χ1) is 12.7. The molecule has 2 amide bonds. The van der Waals surface area contributed by atoms with Gasteiger partial charge >= 0.3 is 0 Å². The molecule has 3 rings (SSSR count). The maximum atomic E-state index is 13.2. The highest BCUT2D eigenvalue weighted by atomic mass is 16.5. The Labute approximate surface area is 163 Å². The van der Waals surface area contributed by atoms with Crippen LogP contribution >= 0.6 is 0 Å². The van der Waals surface area contributed by atoms with Crippen LogP contribution in [-0.2, 0) is 19.1 Å². The first-order valence-corrected chi connectivity index (χ1v) is 10.6. The van der Waals surface area contributed by atoms with Gasteiger partial charge in [0.25, 0.3) is 0 Å². The van der Waals surface area contributed by atoms with Gasteiger partial charge < -0.3 is 14.8 Å². The fourth-order valence-electron chi connectivity index (χ4n) is 4.53. The van der Waals surface area contributed by atoms with Gasteiger partial charge in [-0.2, -0.15) is 0 Å². The smallest absolute Gasteiger partial charge is 0.245 e. The van der Waals surface area contributed by atoms with Gasteiger partial charge in [-0.05, 0) is 49.9 Å². The van der Waals surface area contributed by atoms with Gasteiger partial charge in [-0.1, -0.05) is 27.7 Å². The van der Waals surface area contributed by atoms with E-state index in [0.29, 0.717) is 25.5 Å². The first kappa shape index (κ1) is 20.6. The Morgan fingerprint density at radius 1 is 1.19 bits per heavy atom. The van der Waals surface area contributed by atoms with E-state index in [4.69, 9.17) is 9.47 Å². The van der Waals surface area contributed by atoms with Crippen LogP contribution in [0.1, 0.15) is 72.6 Å². The predicted molar refractivity (Wildman–Crippen MR) is 103 cm³/mol. The van der Waals surface area contributed by atoms with Crippen molar-refractivity contribution in [1.29, 1.82) is 0 Å². The summed E-state index contributed by atoms with van der Waals surface area (Å²) < 4.78 is 11.8. The van der Waals surface area contributed by atoms with E-state index in [1.165, 1.54) is 0 Å².